The Morgan fingerprint density at radius 2 is 2.05 bits per heavy atom. The number of hydrogen-bond acceptors (Lipinski definition) is 9. The lowest BCUT2D eigenvalue weighted by Crippen LogP contribution is -2.33. The van der Waals surface area contributed by atoms with Gasteiger partial charge in [0.15, 0.2) is 17.7 Å². The van der Waals surface area contributed by atoms with Crippen LogP contribution in [0.5, 0.6) is 0 Å². The van der Waals surface area contributed by atoms with Gasteiger partial charge in [-0.2, -0.15) is 0 Å². The molecule has 120 valence electrons. The van der Waals surface area contributed by atoms with Crippen LogP contribution < -0.4 is 5.73 Å². The molecule has 0 amide bonds. The predicted molar refractivity (Wildman–Crippen MR) is 74.5 cm³/mol. The van der Waals surface area contributed by atoms with Gasteiger partial charge in [0.25, 0.3) is 0 Å². The van der Waals surface area contributed by atoms with Crippen molar-refractivity contribution in [3.8, 4) is 0 Å². The van der Waals surface area contributed by atoms with Crippen molar-refractivity contribution in [2.24, 2.45) is 0 Å². The molecule has 10 heteroatoms. The maximum Gasteiger partial charge on any atom is 0.167 e. The van der Waals surface area contributed by atoms with Crippen molar-refractivity contribution in [3.05, 3.63) is 12.7 Å². The number of aromatic nitrogens is 4. The average Bonchev–Trinajstić information content (AvgIpc) is 3.04. The normalized spacial score (nSPS) is 27.5. The number of rotatable bonds is 2. The molecule has 22 heavy (non-hydrogen) atoms. The number of imidazole rings is 1. The molecule has 1 aliphatic heterocycles. The number of aldehydes is 1. The van der Waals surface area contributed by atoms with Crippen molar-refractivity contribution in [2.75, 3.05) is 12.3 Å². The Morgan fingerprint density at radius 1 is 1.36 bits per heavy atom. The van der Waals surface area contributed by atoms with E-state index in [4.69, 9.17) is 20.4 Å². The predicted octanol–water partition coefficient (Wildman–Crippen LogP) is -1.77. The quantitative estimate of drug-likeness (QED) is 0.471. The van der Waals surface area contributed by atoms with E-state index in [9.17, 15) is 10.2 Å². The summed E-state index contributed by atoms with van der Waals surface area (Å²) in [5.74, 6) is 0.218. The van der Waals surface area contributed by atoms with E-state index in [1.807, 2.05) is 0 Å². The van der Waals surface area contributed by atoms with Gasteiger partial charge in [0, 0.05) is 0 Å². The number of fused-ring (bicyclic) bond motifs is 1. The third kappa shape index (κ3) is 2.76. The zero-order valence-corrected chi connectivity index (χ0v) is 11.8. The highest BCUT2D eigenvalue weighted by Gasteiger charge is 2.43. The van der Waals surface area contributed by atoms with Crippen LogP contribution in [0.1, 0.15) is 13.2 Å². The van der Waals surface area contributed by atoms with E-state index in [-0.39, 0.29) is 5.82 Å². The summed E-state index contributed by atoms with van der Waals surface area (Å²) in [4.78, 5) is 20.7. The summed E-state index contributed by atoms with van der Waals surface area (Å²) >= 11 is 0. The lowest BCUT2D eigenvalue weighted by Gasteiger charge is -2.16. The Labute approximate surface area is 125 Å². The van der Waals surface area contributed by atoms with Gasteiger partial charge in [-0.3, -0.25) is 4.57 Å². The van der Waals surface area contributed by atoms with Crippen molar-refractivity contribution in [1.29, 1.82) is 0 Å². The van der Waals surface area contributed by atoms with Crippen molar-refractivity contribution < 1.29 is 24.9 Å². The summed E-state index contributed by atoms with van der Waals surface area (Å²) < 4.78 is 6.85. The van der Waals surface area contributed by atoms with Crippen LogP contribution >= 0.6 is 0 Å². The van der Waals surface area contributed by atoms with Gasteiger partial charge in [-0.15, -0.1) is 0 Å². The molecular weight excluding hydrogens is 294 g/mol. The monoisotopic (exact) mass is 311 g/mol. The molecule has 0 unspecified atom stereocenters. The molecule has 2 aromatic rings. The molecule has 1 aliphatic rings. The minimum absolute atomic E-state index is 0.218. The summed E-state index contributed by atoms with van der Waals surface area (Å²) in [5.41, 5.74) is 6.44. The topological polar surface area (TPSA) is 157 Å². The number of anilines is 1. The Morgan fingerprint density at radius 3 is 2.64 bits per heavy atom. The zero-order valence-electron chi connectivity index (χ0n) is 11.8. The van der Waals surface area contributed by atoms with Gasteiger partial charge in [0.2, 0.25) is 0 Å². The highest BCUT2D eigenvalue weighted by Crippen LogP contribution is 2.31. The van der Waals surface area contributed by atoms with Gasteiger partial charge >= 0.3 is 0 Å². The van der Waals surface area contributed by atoms with Crippen molar-refractivity contribution in [1.82, 2.24) is 19.5 Å². The van der Waals surface area contributed by atoms with Crippen LogP contribution in [0.25, 0.3) is 11.2 Å². The van der Waals surface area contributed by atoms with Crippen LogP contribution in [0, 0.1) is 0 Å². The molecule has 3 heterocycles. The fourth-order valence-corrected chi connectivity index (χ4v) is 2.17. The molecule has 0 spiro atoms. The van der Waals surface area contributed by atoms with Crippen molar-refractivity contribution in [3.63, 3.8) is 0 Å². The molecule has 0 aromatic carbocycles. The van der Waals surface area contributed by atoms with Crippen LogP contribution in [0.4, 0.5) is 5.82 Å². The van der Waals surface area contributed by atoms with Gasteiger partial charge in [0.1, 0.15) is 36.4 Å². The minimum atomic E-state index is -1.19. The molecule has 0 aliphatic carbocycles. The maximum absolute atomic E-state index is 9.95. The maximum atomic E-state index is 9.95. The molecule has 0 radical (unpaired) electrons. The Hall–Kier alpha value is -2.14. The van der Waals surface area contributed by atoms with Crippen molar-refractivity contribution >= 4 is 23.3 Å². The first kappa shape index (κ1) is 16.2. The Bertz CT molecular complexity index is 648. The molecule has 2 aromatic heterocycles. The van der Waals surface area contributed by atoms with Gasteiger partial charge in [0.05, 0.1) is 12.9 Å². The summed E-state index contributed by atoms with van der Waals surface area (Å²) in [5, 5.41) is 28.7. The fourth-order valence-electron chi connectivity index (χ4n) is 2.17. The largest absolute Gasteiger partial charge is 0.394 e. The molecule has 10 nitrogen and oxygen atoms in total. The van der Waals surface area contributed by atoms with Crippen molar-refractivity contribution in [2.45, 2.75) is 31.5 Å². The SMILES string of the molecule is CC=O.Nc1ncnc2c1ncn2[C@@H]1O[C@H](CO)[C@@H](O)[C@H]1O. The van der Waals surface area contributed by atoms with Crippen LogP contribution in [0.2, 0.25) is 0 Å². The highest BCUT2D eigenvalue weighted by atomic mass is 16.6. The second-order valence-electron chi connectivity index (χ2n) is 4.55. The van der Waals surface area contributed by atoms with Gasteiger partial charge < -0.3 is 30.6 Å². The number of carbonyl (C=O) groups excluding carboxylic acids is 1. The first-order valence-electron chi connectivity index (χ1n) is 6.50. The van der Waals surface area contributed by atoms with Crippen LogP contribution in [0.3, 0.4) is 0 Å². The van der Waals surface area contributed by atoms with Crippen LogP contribution in [-0.4, -0.2) is 66.0 Å². The molecule has 0 bridgehead atoms. The third-order valence-corrected chi connectivity index (χ3v) is 3.18. The van der Waals surface area contributed by atoms with E-state index in [0.717, 1.165) is 6.29 Å². The summed E-state index contributed by atoms with van der Waals surface area (Å²) in [6, 6.07) is 0. The molecule has 1 fully saturated rings. The van der Waals surface area contributed by atoms with E-state index in [1.54, 1.807) is 0 Å². The summed E-state index contributed by atoms with van der Waals surface area (Å²) in [6.07, 6.45) is -0.673. The molecule has 5 N–H and O–H groups in total. The van der Waals surface area contributed by atoms with E-state index in [2.05, 4.69) is 15.0 Å². The van der Waals surface area contributed by atoms with E-state index >= 15 is 0 Å². The number of aliphatic hydroxyl groups excluding tert-OH is 3. The first-order chi connectivity index (χ1) is 10.5. The second-order valence-corrected chi connectivity index (χ2v) is 4.55. The summed E-state index contributed by atoms with van der Waals surface area (Å²) in [7, 11) is 0. The number of carbonyl (C=O) groups is 1. The zero-order chi connectivity index (χ0) is 16.3. The van der Waals surface area contributed by atoms with Gasteiger partial charge in [-0.1, -0.05) is 0 Å². The minimum Gasteiger partial charge on any atom is -0.394 e. The van der Waals surface area contributed by atoms with Gasteiger partial charge in [-0.25, -0.2) is 15.0 Å². The number of hydrogen-bond donors (Lipinski definition) is 4. The average molecular weight is 311 g/mol. The second kappa shape index (κ2) is 6.75. The number of nitrogen functional groups attached to an aromatic ring is 1. The smallest absolute Gasteiger partial charge is 0.167 e. The third-order valence-electron chi connectivity index (χ3n) is 3.18. The van der Waals surface area contributed by atoms with Crippen LogP contribution in [0.15, 0.2) is 12.7 Å². The van der Waals surface area contributed by atoms with E-state index in [0.29, 0.717) is 11.2 Å². The standard InChI is InChI=1S/C10H13N5O4.C2H4O/c11-8-5-9(13-2-12-8)15(3-14-5)10-7(18)6(17)4(1-16)19-10;1-2-3/h2-4,6-7,10,16-18H,1H2,(H2,11,12,13);2H,1H3/t4-,6-,7-,10-;/m1./s1. The number of nitrogens with two attached hydrogens (primary N) is 1. The number of ether oxygens (including phenoxy) is 1. The summed E-state index contributed by atoms with van der Waals surface area (Å²) in [6.45, 7) is 1.05. The molecule has 0 saturated carbocycles. The lowest BCUT2D eigenvalue weighted by molar-refractivity contribution is -0.106. The first-order valence-corrected chi connectivity index (χ1v) is 6.50. The number of aliphatic hydroxyl groups is 3. The fraction of sp³-hybridized carbons (Fsp3) is 0.500. The molecule has 3 rings (SSSR count). The number of nitrogens with zero attached hydrogens (tertiary/aromatic N) is 4. The lowest BCUT2D eigenvalue weighted by atomic mass is 10.1. The Balaban J connectivity index is 0.000000545. The Kier molecular flexibility index (Phi) is 4.98. The molecule has 1 saturated heterocycles. The van der Waals surface area contributed by atoms with E-state index in [1.165, 1.54) is 24.1 Å². The highest BCUT2D eigenvalue weighted by molar-refractivity contribution is 5.81. The molecule has 4 atom stereocenters. The van der Waals surface area contributed by atoms with Gasteiger partial charge in [-0.05, 0) is 6.92 Å². The van der Waals surface area contributed by atoms with E-state index < -0.39 is 31.1 Å². The van der Waals surface area contributed by atoms with Crippen LogP contribution in [-0.2, 0) is 9.53 Å². The molecular formula is C12H17N5O5.